The van der Waals surface area contributed by atoms with Crippen LogP contribution >= 0.6 is 0 Å². The lowest BCUT2D eigenvalue weighted by molar-refractivity contribution is 0.517. The minimum absolute atomic E-state index is 0.235. The Labute approximate surface area is 84.3 Å². The Morgan fingerprint density at radius 2 is 2.21 bits per heavy atom. The Kier molecular flexibility index (Phi) is 3.89. The Hall–Kier alpha value is -1.09. The summed E-state index contributed by atoms with van der Waals surface area (Å²) >= 11 is 0. The van der Waals surface area contributed by atoms with Crippen LogP contribution in [-0.4, -0.2) is 6.04 Å². The van der Waals surface area contributed by atoms with Gasteiger partial charge in [-0.3, -0.25) is 0 Å². The van der Waals surface area contributed by atoms with Crippen LogP contribution in [0.5, 0.6) is 0 Å². The van der Waals surface area contributed by atoms with Crippen molar-refractivity contribution in [3.63, 3.8) is 0 Å². The molecule has 2 nitrogen and oxygen atoms in total. The normalized spacial score (nSPS) is 12.8. The second kappa shape index (κ2) is 4.96. The zero-order chi connectivity index (χ0) is 10.6. The van der Waals surface area contributed by atoms with Crippen LogP contribution in [0.3, 0.4) is 0 Å². The maximum atomic E-state index is 13.3. The molecule has 0 fully saturated rings. The number of anilines is 1. The number of rotatable bonds is 4. The molecule has 0 aliphatic carbocycles. The van der Waals surface area contributed by atoms with Crippen LogP contribution in [0.2, 0.25) is 0 Å². The van der Waals surface area contributed by atoms with Crippen molar-refractivity contribution in [3.8, 4) is 0 Å². The molecule has 0 bridgehead atoms. The SMILES string of the molecule is CCC(C)NCc1ccc(N)cc1F. The minimum atomic E-state index is -0.235. The van der Waals surface area contributed by atoms with Gasteiger partial charge >= 0.3 is 0 Å². The van der Waals surface area contributed by atoms with Gasteiger partial charge in [-0.1, -0.05) is 13.0 Å². The van der Waals surface area contributed by atoms with E-state index in [2.05, 4.69) is 19.2 Å². The highest BCUT2D eigenvalue weighted by Crippen LogP contribution is 2.11. The van der Waals surface area contributed by atoms with Crippen LogP contribution in [-0.2, 0) is 6.54 Å². The number of hydrogen-bond donors (Lipinski definition) is 2. The van der Waals surface area contributed by atoms with E-state index in [9.17, 15) is 4.39 Å². The second-order valence-electron chi connectivity index (χ2n) is 3.54. The van der Waals surface area contributed by atoms with Crippen LogP contribution in [0.25, 0.3) is 0 Å². The third kappa shape index (κ3) is 3.00. The van der Waals surface area contributed by atoms with Crippen LogP contribution in [0.15, 0.2) is 18.2 Å². The lowest BCUT2D eigenvalue weighted by Gasteiger charge is -2.11. The molecule has 1 aromatic rings. The van der Waals surface area contributed by atoms with Crippen molar-refractivity contribution in [1.82, 2.24) is 5.32 Å². The van der Waals surface area contributed by atoms with E-state index in [1.807, 2.05) is 0 Å². The van der Waals surface area contributed by atoms with Crippen molar-refractivity contribution in [2.75, 3.05) is 5.73 Å². The first-order valence-electron chi connectivity index (χ1n) is 4.90. The second-order valence-corrected chi connectivity index (χ2v) is 3.54. The predicted molar refractivity (Wildman–Crippen MR) is 57.4 cm³/mol. The van der Waals surface area contributed by atoms with Crippen LogP contribution < -0.4 is 11.1 Å². The van der Waals surface area contributed by atoms with Gasteiger partial charge in [0, 0.05) is 23.8 Å². The van der Waals surface area contributed by atoms with E-state index >= 15 is 0 Å². The molecule has 1 rings (SSSR count). The fourth-order valence-electron chi connectivity index (χ4n) is 1.14. The summed E-state index contributed by atoms with van der Waals surface area (Å²) in [6.45, 7) is 4.73. The Morgan fingerprint density at radius 3 is 2.79 bits per heavy atom. The van der Waals surface area contributed by atoms with Gasteiger partial charge in [0.15, 0.2) is 0 Å². The van der Waals surface area contributed by atoms with Gasteiger partial charge in [0.2, 0.25) is 0 Å². The lowest BCUT2D eigenvalue weighted by atomic mass is 10.1. The van der Waals surface area contributed by atoms with Crippen LogP contribution in [0.1, 0.15) is 25.8 Å². The summed E-state index contributed by atoms with van der Waals surface area (Å²) in [5.41, 5.74) is 6.58. The van der Waals surface area contributed by atoms with Gasteiger partial charge in [-0.05, 0) is 25.5 Å². The van der Waals surface area contributed by atoms with E-state index in [0.717, 1.165) is 6.42 Å². The number of halogens is 1. The van der Waals surface area contributed by atoms with Gasteiger partial charge in [-0.15, -0.1) is 0 Å². The van der Waals surface area contributed by atoms with E-state index in [1.165, 1.54) is 6.07 Å². The zero-order valence-corrected chi connectivity index (χ0v) is 8.68. The summed E-state index contributed by atoms with van der Waals surface area (Å²) in [4.78, 5) is 0. The molecule has 1 unspecified atom stereocenters. The van der Waals surface area contributed by atoms with E-state index in [-0.39, 0.29) is 5.82 Å². The smallest absolute Gasteiger partial charge is 0.129 e. The molecule has 1 atom stereocenters. The molecule has 0 saturated carbocycles. The molecular weight excluding hydrogens is 179 g/mol. The topological polar surface area (TPSA) is 38.0 Å². The van der Waals surface area contributed by atoms with Crippen molar-refractivity contribution in [2.24, 2.45) is 0 Å². The van der Waals surface area contributed by atoms with E-state index in [1.54, 1.807) is 12.1 Å². The Bertz CT molecular complexity index is 299. The van der Waals surface area contributed by atoms with E-state index in [0.29, 0.717) is 23.8 Å². The average molecular weight is 196 g/mol. The Morgan fingerprint density at radius 1 is 1.50 bits per heavy atom. The van der Waals surface area contributed by atoms with Gasteiger partial charge < -0.3 is 11.1 Å². The first-order valence-corrected chi connectivity index (χ1v) is 4.90. The number of hydrogen-bond acceptors (Lipinski definition) is 2. The highest BCUT2D eigenvalue weighted by Gasteiger charge is 2.03. The third-order valence-electron chi connectivity index (χ3n) is 2.33. The van der Waals surface area contributed by atoms with Gasteiger partial charge in [-0.25, -0.2) is 4.39 Å². The molecular formula is C11H17FN2. The molecule has 0 amide bonds. The number of nitrogens with two attached hydrogens (primary N) is 1. The van der Waals surface area contributed by atoms with Crippen molar-refractivity contribution < 1.29 is 4.39 Å². The molecule has 3 N–H and O–H groups in total. The molecule has 0 heterocycles. The maximum absolute atomic E-state index is 13.3. The van der Waals surface area contributed by atoms with Crippen molar-refractivity contribution in [2.45, 2.75) is 32.9 Å². The third-order valence-corrected chi connectivity index (χ3v) is 2.33. The first kappa shape index (κ1) is 11.0. The fraction of sp³-hybridized carbons (Fsp3) is 0.455. The predicted octanol–water partition coefficient (Wildman–Crippen LogP) is 2.30. The molecule has 0 aliphatic heterocycles. The largest absolute Gasteiger partial charge is 0.399 e. The van der Waals surface area contributed by atoms with E-state index in [4.69, 9.17) is 5.73 Å². The van der Waals surface area contributed by atoms with Gasteiger partial charge in [0.05, 0.1) is 0 Å². The molecule has 0 aromatic heterocycles. The summed E-state index contributed by atoms with van der Waals surface area (Å²) in [5, 5.41) is 3.23. The zero-order valence-electron chi connectivity index (χ0n) is 8.68. The highest BCUT2D eigenvalue weighted by molar-refractivity contribution is 5.40. The molecule has 0 radical (unpaired) electrons. The summed E-state index contributed by atoms with van der Waals surface area (Å²) in [5.74, 6) is -0.235. The quantitative estimate of drug-likeness (QED) is 0.725. The summed E-state index contributed by atoms with van der Waals surface area (Å²) in [6, 6.07) is 5.21. The summed E-state index contributed by atoms with van der Waals surface area (Å²) < 4.78 is 13.3. The molecule has 0 saturated heterocycles. The van der Waals surface area contributed by atoms with Crippen LogP contribution in [0.4, 0.5) is 10.1 Å². The molecule has 3 heteroatoms. The summed E-state index contributed by atoms with van der Waals surface area (Å²) in [6.07, 6.45) is 1.04. The molecule has 0 spiro atoms. The standard InChI is InChI=1S/C11H17FN2/c1-3-8(2)14-7-9-4-5-10(13)6-11(9)12/h4-6,8,14H,3,7,13H2,1-2H3. The van der Waals surface area contributed by atoms with Gasteiger partial charge in [-0.2, -0.15) is 0 Å². The minimum Gasteiger partial charge on any atom is -0.399 e. The monoisotopic (exact) mass is 196 g/mol. The molecule has 78 valence electrons. The number of nitrogens with one attached hydrogen (secondary N) is 1. The molecule has 14 heavy (non-hydrogen) atoms. The van der Waals surface area contributed by atoms with Crippen molar-refractivity contribution >= 4 is 5.69 Å². The molecule has 0 aliphatic rings. The van der Waals surface area contributed by atoms with Crippen molar-refractivity contribution in [1.29, 1.82) is 0 Å². The Balaban J connectivity index is 2.59. The first-order chi connectivity index (χ1) is 6.63. The maximum Gasteiger partial charge on any atom is 0.129 e. The van der Waals surface area contributed by atoms with E-state index < -0.39 is 0 Å². The summed E-state index contributed by atoms with van der Waals surface area (Å²) in [7, 11) is 0. The van der Waals surface area contributed by atoms with Gasteiger partial charge in [0.25, 0.3) is 0 Å². The number of benzene rings is 1. The van der Waals surface area contributed by atoms with Crippen LogP contribution in [0, 0.1) is 5.82 Å². The van der Waals surface area contributed by atoms with Crippen molar-refractivity contribution in [3.05, 3.63) is 29.6 Å². The number of nitrogen functional groups attached to an aromatic ring is 1. The fourth-order valence-corrected chi connectivity index (χ4v) is 1.14. The molecule has 1 aromatic carbocycles. The lowest BCUT2D eigenvalue weighted by Crippen LogP contribution is -2.24. The van der Waals surface area contributed by atoms with Gasteiger partial charge in [0.1, 0.15) is 5.82 Å². The average Bonchev–Trinajstić information content (AvgIpc) is 2.16. The highest BCUT2D eigenvalue weighted by atomic mass is 19.1.